The van der Waals surface area contributed by atoms with Crippen molar-refractivity contribution in [3.63, 3.8) is 0 Å². The molecular formula is C13H20N2O2S. The molecule has 0 saturated carbocycles. The highest BCUT2D eigenvalue weighted by Gasteiger charge is 2.27. The molecular weight excluding hydrogens is 248 g/mol. The van der Waals surface area contributed by atoms with Crippen molar-refractivity contribution in [2.24, 2.45) is 0 Å². The van der Waals surface area contributed by atoms with E-state index in [1.54, 1.807) is 32.0 Å². The van der Waals surface area contributed by atoms with Crippen LogP contribution in [0.25, 0.3) is 0 Å². The Bertz CT molecular complexity index is 532. The lowest BCUT2D eigenvalue weighted by Crippen LogP contribution is -2.20. The third-order valence-corrected chi connectivity index (χ3v) is 5.62. The summed E-state index contributed by atoms with van der Waals surface area (Å²) >= 11 is 0. The van der Waals surface area contributed by atoms with Crippen molar-refractivity contribution >= 4 is 15.5 Å². The smallest absolute Gasteiger partial charge is 0.181 e. The van der Waals surface area contributed by atoms with Gasteiger partial charge in [0, 0.05) is 11.7 Å². The fourth-order valence-electron chi connectivity index (χ4n) is 2.30. The number of hydrogen-bond acceptors (Lipinski definition) is 4. The van der Waals surface area contributed by atoms with Gasteiger partial charge in [-0.15, -0.1) is 0 Å². The van der Waals surface area contributed by atoms with Gasteiger partial charge in [0.2, 0.25) is 0 Å². The van der Waals surface area contributed by atoms with Gasteiger partial charge < -0.3 is 11.1 Å². The fourth-order valence-corrected chi connectivity index (χ4v) is 3.60. The summed E-state index contributed by atoms with van der Waals surface area (Å²) in [5.41, 5.74) is 7.22. The minimum absolute atomic E-state index is 0.108. The van der Waals surface area contributed by atoms with E-state index in [-0.39, 0.29) is 6.04 Å². The molecule has 1 aromatic rings. The van der Waals surface area contributed by atoms with E-state index in [0.29, 0.717) is 10.6 Å². The molecule has 3 N–H and O–H groups in total. The summed E-state index contributed by atoms with van der Waals surface area (Å²) in [6.07, 6.45) is 2.03. The fraction of sp³-hybridized carbons (Fsp3) is 0.538. The van der Waals surface area contributed by atoms with Crippen molar-refractivity contribution in [3.05, 3.63) is 23.8 Å². The number of benzene rings is 1. The molecule has 1 aromatic carbocycles. The number of nitrogens with two attached hydrogens (primary N) is 1. The maximum atomic E-state index is 12.4. The summed E-state index contributed by atoms with van der Waals surface area (Å²) in [5.74, 6) is 0. The summed E-state index contributed by atoms with van der Waals surface area (Å²) in [7, 11) is -3.26. The third-order valence-electron chi connectivity index (χ3n) is 3.40. The minimum atomic E-state index is -3.26. The lowest BCUT2D eigenvalue weighted by Gasteiger charge is -2.18. The first-order valence-electron chi connectivity index (χ1n) is 6.29. The zero-order valence-electron chi connectivity index (χ0n) is 10.8. The Morgan fingerprint density at radius 3 is 2.67 bits per heavy atom. The topological polar surface area (TPSA) is 72.2 Å². The Morgan fingerprint density at radius 1 is 1.39 bits per heavy atom. The van der Waals surface area contributed by atoms with E-state index in [4.69, 9.17) is 5.73 Å². The summed E-state index contributed by atoms with van der Waals surface area (Å²) in [4.78, 5) is 0.422. The maximum absolute atomic E-state index is 12.4. The molecule has 0 aliphatic carbocycles. The largest absolute Gasteiger partial charge is 0.399 e. The first-order chi connectivity index (χ1) is 8.43. The lowest BCUT2D eigenvalue weighted by atomic mass is 10.0. The SMILES string of the molecule is CC(C)S(=O)(=O)c1ccc(N)cc1[C@H]1CCCN1. The van der Waals surface area contributed by atoms with Gasteiger partial charge in [-0.3, -0.25) is 0 Å². The summed E-state index contributed by atoms with van der Waals surface area (Å²) in [6, 6.07) is 5.20. The van der Waals surface area contributed by atoms with Gasteiger partial charge in [0.25, 0.3) is 0 Å². The molecule has 5 heteroatoms. The number of rotatable bonds is 3. The molecule has 100 valence electrons. The average Bonchev–Trinajstić information content (AvgIpc) is 2.81. The molecule has 2 rings (SSSR count). The Kier molecular flexibility index (Phi) is 3.64. The molecule has 1 heterocycles. The van der Waals surface area contributed by atoms with Crippen LogP contribution >= 0.6 is 0 Å². The molecule has 4 nitrogen and oxygen atoms in total. The van der Waals surface area contributed by atoms with Crippen LogP contribution in [-0.2, 0) is 9.84 Å². The van der Waals surface area contributed by atoms with Crippen LogP contribution in [0.15, 0.2) is 23.1 Å². The van der Waals surface area contributed by atoms with Gasteiger partial charge in [0.15, 0.2) is 9.84 Å². The summed E-state index contributed by atoms with van der Waals surface area (Å²) in [5, 5.41) is 2.92. The van der Waals surface area contributed by atoms with E-state index < -0.39 is 15.1 Å². The normalized spacial score (nSPS) is 20.5. The van der Waals surface area contributed by atoms with Gasteiger partial charge >= 0.3 is 0 Å². The summed E-state index contributed by atoms with van der Waals surface area (Å²) < 4.78 is 24.7. The number of nitrogens with one attached hydrogen (secondary N) is 1. The Morgan fingerprint density at radius 2 is 2.11 bits per heavy atom. The molecule has 0 bridgehead atoms. The van der Waals surface area contributed by atoms with Crippen LogP contribution in [0.2, 0.25) is 0 Å². The molecule has 0 spiro atoms. The van der Waals surface area contributed by atoms with E-state index >= 15 is 0 Å². The number of nitrogen functional groups attached to an aromatic ring is 1. The minimum Gasteiger partial charge on any atom is -0.399 e. The Hall–Kier alpha value is -1.07. The molecule has 0 amide bonds. The van der Waals surface area contributed by atoms with Gasteiger partial charge in [0.05, 0.1) is 10.1 Å². The quantitative estimate of drug-likeness (QED) is 0.821. The molecule has 0 unspecified atom stereocenters. The van der Waals surface area contributed by atoms with E-state index in [1.807, 2.05) is 0 Å². The average molecular weight is 268 g/mol. The van der Waals surface area contributed by atoms with Gasteiger partial charge in [-0.05, 0) is 57.0 Å². The van der Waals surface area contributed by atoms with Crippen LogP contribution in [0.3, 0.4) is 0 Å². The molecule has 1 aliphatic rings. The van der Waals surface area contributed by atoms with E-state index in [9.17, 15) is 8.42 Å². The monoisotopic (exact) mass is 268 g/mol. The van der Waals surface area contributed by atoms with Crippen LogP contribution in [0.1, 0.15) is 38.3 Å². The van der Waals surface area contributed by atoms with Gasteiger partial charge in [-0.2, -0.15) is 0 Å². The number of hydrogen-bond donors (Lipinski definition) is 2. The van der Waals surface area contributed by atoms with Gasteiger partial charge in [-0.1, -0.05) is 0 Å². The zero-order chi connectivity index (χ0) is 13.3. The van der Waals surface area contributed by atoms with Gasteiger partial charge in [-0.25, -0.2) is 8.42 Å². The molecule has 1 atom stereocenters. The predicted octanol–water partition coefficient (Wildman–Crippen LogP) is 1.88. The molecule has 1 saturated heterocycles. The molecule has 1 fully saturated rings. The molecule has 0 radical (unpaired) electrons. The molecule has 0 aromatic heterocycles. The third kappa shape index (κ3) is 2.37. The van der Waals surface area contributed by atoms with Crippen molar-refractivity contribution in [1.82, 2.24) is 5.32 Å². The zero-order valence-corrected chi connectivity index (χ0v) is 11.6. The molecule has 1 aliphatic heterocycles. The van der Waals surface area contributed by atoms with Crippen LogP contribution in [-0.4, -0.2) is 20.2 Å². The van der Waals surface area contributed by atoms with Crippen molar-refractivity contribution < 1.29 is 8.42 Å². The standard InChI is InChI=1S/C13H20N2O2S/c1-9(2)18(16,17)13-6-5-10(14)8-11(13)12-4-3-7-15-12/h5-6,8-9,12,15H,3-4,7,14H2,1-2H3/t12-/m1/s1. The van der Waals surface area contributed by atoms with E-state index in [0.717, 1.165) is 24.9 Å². The van der Waals surface area contributed by atoms with E-state index in [1.165, 1.54) is 0 Å². The second-order valence-corrected chi connectivity index (χ2v) is 7.51. The van der Waals surface area contributed by atoms with Crippen LogP contribution in [0.5, 0.6) is 0 Å². The number of sulfone groups is 1. The first-order valence-corrected chi connectivity index (χ1v) is 7.84. The van der Waals surface area contributed by atoms with Gasteiger partial charge in [0.1, 0.15) is 0 Å². The molecule has 18 heavy (non-hydrogen) atoms. The van der Waals surface area contributed by atoms with E-state index in [2.05, 4.69) is 5.32 Å². The van der Waals surface area contributed by atoms with Crippen LogP contribution in [0.4, 0.5) is 5.69 Å². The highest BCUT2D eigenvalue weighted by Crippen LogP contribution is 2.32. The highest BCUT2D eigenvalue weighted by atomic mass is 32.2. The van der Waals surface area contributed by atoms with Crippen molar-refractivity contribution in [2.75, 3.05) is 12.3 Å². The first kappa shape index (κ1) is 13.4. The van der Waals surface area contributed by atoms with Crippen LogP contribution < -0.4 is 11.1 Å². The Labute approximate surface area is 108 Å². The summed E-state index contributed by atoms with van der Waals surface area (Å²) in [6.45, 7) is 4.34. The van der Waals surface area contributed by atoms with Crippen molar-refractivity contribution in [3.8, 4) is 0 Å². The van der Waals surface area contributed by atoms with Crippen molar-refractivity contribution in [2.45, 2.75) is 42.9 Å². The Balaban J connectivity index is 2.53. The predicted molar refractivity (Wildman–Crippen MR) is 73.2 cm³/mol. The highest BCUT2D eigenvalue weighted by molar-refractivity contribution is 7.92. The lowest BCUT2D eigenvalue weighted by molar-refractivity contribution is 0.579. The van der Waals surface area contributed by atoms with Crippen LogP contribution in [0, 0.1) is 0 Å². The number of anilines is 1. The second-order valence-electron chi connectivity index (χ2n) is 5.04. The second kappa shape index (κ2) is 4.90. The maximum Gasteiger partial charge on any atom is 0.181 e. The van der Waals surface area contributed by atoms with Crippen molar-refractivity contribution in [1.29, 1.82) is 0 Å².